The van der Waals surface area contributed by atoms with E-state index in [-0.39, 0.29) is 37.0 Å². The third kappa shape index (κ3) is 2.98. The molecule has 8 heteroatoms. The highest BCUT2D eigenvalue weighted by molar-refractivity contribution is 7.85. The molecule has 7 nitrogen and oxygen atoms in total. The van der Waals surface area contributed by atoms with Gasteiger partial charge in [0, 0.05) is 31.0 Å². The van der Waals surface area contributed by atoms with Crippen molar-refractivity contribution >= 4 is 10.1 Å². The first-order valence-corrected chi connectivity index (χ1v) is 10.0. The molecule has 0 aliphatic carbocycles. The number of aliphatic hydroxyl groups excluding tert-OH is 1. The molecule has 1 unspecified atom stereocenters. The molecule has 2 bridgehead atoms. The summed E-state index contributed by atoms with van der Waals surface area (Å²) in [6, 6.07) is 3.99. The summed E-state index contributed by atoms with van der Waals surface area (Å²) in [7, 11) is -3.47. The van der Waals surface area contributed by atoms with Crippen LogP contribution in [-0.4, -0.2) is 50.7 Å². The van der Waals surface area contributed by atoms with Gasteiger partial charge in [-0.15, -0.1) is 0 Å². The summed E-state index contributed by atoms with van der Waals surface area (Å²) in [5.41, 5.74) is 2.30. The zero-order valence-electron chi connectivity index (χ0n) is 14.0. The summed E-state index contributed by atoms with van der Waals surface area (Å²) in [5, 5.41) is 10.2. The fourth-order valence-electron chi connectivity index (χ4n) is 4.31. The van der Waals surface area contributed by atoms with Crippen LogP contribution in [0, 0.1) is 5.92 Å². The second kappa shape index (κ2) is 5.89. The second-order valence-corrected chi connectivity index (χ2v) is 8.48. The molecule has 136 valence electrons. The van der Waals surface area contributed by atoms with Gasteiger partial charge in [0.2, 0.25) is 6.79 Å². The van der Waals surface area contributed by atoms with Gasteiger partial charge in [0.15, 0.2) is 11.5 Å². The minimum absolute atomic E-state index is 0.0201. The van der Waals surface area contributed by atoms with Gasteiger partial charge in [-0.25, -0.2) is 0 Å². The summed E-state index contributed by atoms with van der Waals surface area (Å²) in [4.78, 5) is 2.26. The van der Waals surface area contributed by atoms with Crippen LogP contribution < -0.4 is 9.47 Å². The Morgan fingerprint density at radius 1 is 1.40 bits per heavy atom. The van der Waals surface area contributed by atoms with E-state index in [9.17, 15) is 13.5 Å². The number of fused-ring (bicyclic) bond motifs is 5. The predicted molar refractivity (Wildman–Crippen MR) is 90.2 cm³/mol. The Morgan fingerprint density at radius 3 is 2.80 bits per heavy atom. The minimum atomic E-state index is -3.47. The van der Waals surface area contributed by atoms with Gasteiger partial charge in [0.1, 0.15) is 0 Å². The average Bonchev–Trinajstić information content (AvgIpc) is 3.07. The van der Waals surface area contributed by atoms with Gasteiger partial charge in [-0.3, -0.25) is 9.08 Å². The van der Waals surface area contributed by atoms with E-state index in [4.69, 9.17) is 13.7 Å². The zero-order valence-corrected chi connectivity index (χ0v) is 14.8. The molecule has 3 heterocycles. The van der Waals surface area contributed by atoms with E-state index in [2.05, 4.69) is 11.5 Å². The van der Waals surface area contributed by atoms with Crippen LogP contribution in [0.5, 0.6) is 11.5 Å². The van der Waals surface area contributed by atoms with Crippen molar-refractivity contribution < 1.29 is 27.2 Å². The van der Waals surface area contributed by atoms with E-state index in [1.165, 1.54) is 0 Å². The maximum atomic E-state index is 11.2. The normalized spacial score (nSPS) is 29.5. The first-order valence-electron chi connectivity index (χ1n) is 8.22. The van der Waals surface area contributed by atoms with E-state index >= 15 is 0 Å². The fraction of sp³-hybridized carbons (Fsp3) is 0.529. The molecule has 4 atom stereocenters. The molecule has 0 saturated carbocycles. The Hall–Kier alpha value is -1.77. The lowest BCUT2D eigenvalue weighted by Gasteiger charge is -2.28. The third-order valence-corrected chi connectivity index (χ3v) is 5.85. The van der Waals surface area contributed by atoms with E-state index in [0.717, 1.165) is 42.0 Å². The van der Waals surface area contributed by atoms with E-state index < -0.39 is 10.1 Å². The van der Waals surface area contributed by atoms with Crippen molar-refractivity contribution in [2.45, 2.75) is 24.9 Å². The smallest absolute Gasteiger partial charge is 0.264 e. The molecule has 25 heavy (non-hydrogen) atoms. The van der Waals surface area contributed by atoms with E-state index in [1.54, 1.807) is 0 Å². The molecule has 4 rings (SSSR count). The Labute approximate surface area is 146 Å². The summed E-state index contributed by atoms with van der Waals surface area (Å²) in [6.45, 7) is 5.60. The van der Waals surface area contributed by atoms with Gasteiger partial charge in [-0.05, 0) is 29.7 Å². The SMILES string of the molecule is C=C(O)[C@H]1[C@H]2CN(Cc3cc4c(cc32)OCO4)[C@H]1CCOS(C)(=O)=O. The number of aliphatic hydroxyl groups is 1. The summed E-state index contributed by atoms with van der Waals surface area (Å²) >= 11 is 0. The zero-order chi connectivity index (χ0) is 17.8. The Kier molecular flexibility index (Phi) is 3.93. The molecule has 3 aliphatic heterocycles. The van der Waals surface area contributed by atoms with Crippen molar-refractivity contribution in [1.29, 1.82) is 0 Å². The van der Waals surface area contributed by atoms with Crippen LogP contribution >= 0.6 is 0 Å². The van der Waals surface area contributed by atoms with Crippen LogP contribution in [0.25, 0.3) is 0 Å². The molecular weight excluding hydrogens is 346 g/mol. The number of hydrogen-bond donors (Lipinski definition) is 1. The highest BCUT2D eigenvalue weighted by Gasteiger charge is 2.47. The molecule has 0 radical (unpaired) electrons. The summed E-state index contributed by atoms with van der Waals surface area (Å²) < 4.78 is 38.3. The van der Waals surface area contributed by atoms with Crippen LogP contribution in [0.1, 0.15) is 23.5 Å². The molecule has 0 aromatic heterocycles. The second-order valence-electron chi connectivity index (χ2n) is 6.84. The van der Waals surface area contributed by atoms with Crippen molar-refractivity contribution in [1.82, 2.24) is 4.90 Å². The molecule has 1 saturated heterocycles. The number of nitrogens with zero attached hydrogens (tertiary/aromatic N) is 1. The highest BCUT2D eigenvalue weighted by atomic mass is 32.2. The lowest BCUT2D eigenvalue weighted by Crippen LogP contribution is -2.34. The first kappa shape index (κ1) is 16.7. The van der Waals surface area contributed by atoms with Gasteiger partial charge in [0.25, 0.3) is 10.1 Å². The van der Waals surface area contributed by atoms with Crippen LogP contribution in [0.2, 0.25) is 0 Å². The number of hydrogen-bond acceptors (Lipinski definition) is 7. The van der Waals surface area contributed by atoms with Crippen LogP contribution in [0.4, 0.5) is 0 Å². The topological polar surface area (TPSA) is 85.3 Å². The minimum Gasteiger partial charge on any atom is -0.513 e. The van der Waals surface area contributed by atoms with Crippen LogP contribution in [0.3, 0.4) is 0 Å². The first-order chi connectivity index (χ1) is 11.8. The van der Waals surface area contributed by atoms with Gasteiger partial charge in [0.05, 0.1) is 18.6 Å². The van der Waals surface area contributed by atoms with Crippen molar-refractivity contribution in [3.8, 4) is 11.5 Å². The monoisotopic (exact) mass is 367 g/mol. The van der Waals surface area contributed by atoms with E-state index in [1.807, 2.05) is 12.1 Å². The van der Waals surface area contributed by atoms with Gasteiger partial charge >= 0.3 is 0 Å². The van der Waals surface area contributed by atoms with E-state index in [0.29, 0.717) is 6.42 Å². The fourth-order valence-corrected chi connectivity index (χ4v) is 4.71. The Balaban J connectivity index is 1.61. The molecule has 1 aromatic rings. The third-order valence-electron chi connectivity index (χ3n) is 5.25. The summed E-state index contributed by atoms with van der Waals surface area (Å²) in [5.74, 6) is 1.54. The standard InChI is InChI=1S/C17H21NO6S/c1-10(19)17-13-8-18(14(17)3-4-24-25(2,20)21)7-11-5-15-16(6-12(11)13)23-9-22-15/h5-6,13-14,17,19H,1,3-4,7-9H2,2H3/t13-,14-,17-/m0/s1. The van der Waals surface area contributed by atoms with Gasteiger partial charge in [-0.1, -0.05) is 6.58 Å². The molecule has 0 spiro atoms. The maximum Gasteiger partial charge on any atom is 0.264 e. The van der Waals surface area contributed by atoms with Crippen molar-refractivity contribution in [3.05, 3.63) is 35.6 Å². The predicted octanol–water partition coefficient (Wildman–Crippen LogP) is 1.75. The van der Waals surface area contributed by atoms with Crippen LogP contribution in [-0.2, 0) is 20.8 Å². The molecule has 0 amide bonds. The Morgan fingerprint density at radius 2 is 2.12 bits per heavy atom. The molecule has 3 aliphatic rings. The van der Waals surface area contributed by atoms with Gasteiger partial charge < -0.3 is 14.6 Å². The molecule has 1 aromatic carbocycles. The van der Waals surface area contributed by atoms with Crippen LogP contribution in [0.15, 0.2) is 24.5 Å². The average molecular weight is 367 g/mol. The van der Waals surface area contributed by atoms with Crippen molar-refractivity contribution in [2.75, 3.05) is 26.2 Å². The largest absolute Gasteiger partial charge is 0.513 e. The highest BCUT2D eigenvalue weighted by Crippen LogP contribution is 2.50. The maximum absolute atomic E-state index is 11.2. The number of rotatable bonds is 5. The summed E-state index contributed by atoms with van der Waals surface area (Å²) in [6.07, 6.45) is 1.55. The molecule has 1 fully saturated rings. The molecular formula is C17H21NO6S. The lowest BCUT2D eigenvalue weighted by molar-refractivity contribution is 0.170. The molecule has 1 N–H and O–H groups in total. The number of benzene rings is 1. The quantitative estimate of drug-likeness (QED) is 0.627. The Bertz CT molecular complexity index is 821. The lowest BCUT2D eigenvalue weighted by atomic mass is 9.81. The van der Waals surface area contributed by atoms with Crippen molar-refractivity contribution in [2.24, 2.45) is 5.92 Å². The van der Waals surface area contributed by atoms with Crippen molar-refractivity contribution in [3.63, 3.8) is 0 Å². The number of ether oxygens (including phenoxy) is 2. The van der Waals surface area contributed by atoms with Gasteiger partial charge in [-0.2, -0.15) is 8.42 Å².